The number of rotatable bonds is 6. The summed E-state index contributed by atoms with van der Waals surface area (Å²) < 4.78 is 11.6. The van der Waals surface area contributed by atoms with Crippen molar-refractivity contribution in [2.75, 3.05) is 7.11 Å². The van der Waals surface area contributed by atoms with Crippen LogP contribution in [0.3, 0.4) is 0 Å². The third kappa shape index (κ3) is 5.56. The summed E-state index contributed by atoms with van der Waals surface area (Å²) in [6.07, 6.45) is 1.83. The van der Waals surface area contributed by atoms with Gasteiger partial charge in [-0.25, -0.2) is 4.74 Å². The van der Waals surface area contributed by atoms with E-state index in [1.165, 1.54) is 5.56 Å². The normalized spacial score (nSPS) is 11.8. The van der Waals surface area contributed by atoms with Gasteiger partial charge in [-0.1, -0.05) is 48.0 Å². The van der Waals surface area contributed by atoms with Crippen molar-refractivity contribution < 1.29 is 14.7 Å². The van der Waals surface area contributed by atoms with Gasteiger partial charge in [0.1, 0.15) is 11.5 Å². The number of hydrogen-bond acceptors (Lipinski definition) is 5. The number of aromatic hydroxyl groups is 2. The molecule has 5 nitrogen and oxygen atoms in total. The lowest BCUT2D eigenvalue weighted by Gasteiger charge is -2.27. The lowest BCUT2D eigenvalue weighted by Crippen LogP contribution is -2.20. The Morgan fingerprint density at radius 3 is 1.64 bits per heavy atom. The molecule has 0 aromatic heterocycles. The van der Waals surface area contributed by atoms with E-state index >= 15 is 0 Å². The summed E-state index contributed by atoms with van der Waals surface area (Å²) in [4.78, 5) is 4.86. The van der Waals surface area contributed by atoms with Gasteiger partial charge in [-0.15, -0.1) is 0 Å². The molecule has 39 heavy (non-hydrogen) atoms. The van der Waals surface area contributed by atoms with Crippen LogP contribution in [0, 0.1) is 48.5 Å². The smallest absolute Gasteiger partial charge is 0.155 e. The van der Waals surface area contributed by atoms with E-state index in [1.54, 1.807) is 7.11 Å². The molecule has 0 amide bonds. The van der Waals surface area contributed by atoms with E-state index < -0.39 is 7.28 Å². The minimum Gasteiger partial charge on any atom is -0.507 e. The maximum Gasteiger partial charge on any atom is 0.155 e. The Bertz CT molecular complexity index is 1570. The second kappa shape index (κ2) is 11.2. The van der Waals surface area contributed by atoms with Gasteiger partial charge < -0.3 is 14.7 Å². The van der Waals surface area contributed by atoms with Gasteiger partial charge in [0.05, 0.1) is 22.0 Å². The Kier molecular flexibility index (Phi) is 8.15. The first-order valence-corrected chi connectivity index (χ1v) is 14.6. The molecule has 4 aromatic rings. The molecular formula is C33H37N2O3P. The van der Waals surface area contributed by atoms with Crippen molar-refractivity contribution in [1.29, 1.82) is 0 Å². The van der Waals surface area contributed by atoms with E-state index in [-0.39, 0.29) is 11.5 Å². The molecule has 4 aromatic carbocycles. The van der Waals surface area contributed by atoms with Crippen LogP contribution in [0.15, 0.2) is 70.4 Å². The summed E-state index contributed by atoms with van der Waals surface area (Å²) in [7, 11) is -1.57. The van der Waals surface area contributed by atoms with Crippen molar-refractivity contribution in [3.63, 3.8) is 0 Å². The zero-order valence-corrected chi connectivity index (χ0v) is 24.9. The molecule has 0 atom stereocenters. The summed E-state index contributed by atoms with van der Waals surface area (Å²) in [5.74, 6) is 0.241. The molecule has 0 fully saturated rings. The average Bonchev–Trinajstić information content (AvgIpc) is 2.87. The zero-order chi connectivity index (χ0) is 28.5. The summed E-state index contributed by atoms with van der Waals surface area (Å²) in [5.41, 5.74) is 9.23. The first-order chi connectivity index (χ1) is 18.5. The molecule has 0 aliphatic heterocycles. The molecule has 0 heterocycles. The summed E-state index contributed by atoms with van der Waals surface area (Å²) >= 11 is 0. The van der Waals surface area contributed by atoms with E-state index in [0.717, 1.165) is 44.6 Å². The Labute approximate surface area is 232 Å². The first-order valence-electron chi connectivity index (χ1n) is 13.0. The molecule has 0 unspecified atom stereocenters. The van der Waals surface area contributed by atoms with Gasteiger partial charge in [0.2, 0.25) is 0 Å². The van der Waals surface area contributed by atoms with Crippen LogP contribution in [0.5, 0.6) is 11.5 Å². The van der Waals surface area contributed by atoms with Crippen LogP contribution in [-0.4, -0.2) is 23.5 Å². The lowest BCUT2D eigenvalue weighted by atomic mass is 10.1. The van der Waals surface area contributed by atoms with Gasteiger partial charge in [-0.05, 0) is 100 Å². The van der Waals surface area contributed by atoms with Crippen molar-refractivity contribution >= 4 is 35.5 Å². The predicted molar refractivity (Wildman–Crippen MR) is 165 cm³/mol. The van der Waals surface area contributed by atoms with Gasteiger partial charge in [0, 0.05) is 18.9 Å². The van der Waals surface area contributed by atoms with Crippen molar-refractivity contribution in [2.24, 2.45) is 9.74 Å². The highest BCUT2D eigenvalue weighted by atomic mass is 31.2. The van der Waals surface area contributed by atoms with Crippen LogP contribution in [0.25, 0.3) is 0 Å². The van der Waals surface area contributed by atoms with E-state index in [2.05, 4.69) is 32.9 Å². The highest BCUT2D eigenvalue weighted by Gasteiger charge is 2.33. The fourth-order valence-electron chi connectivity index (χ4n) is 5.16. The number of hydrogen-bond donors (Lipinski definition) is 2. The molecule has 2 N–H and O–H groups in total. The van der Waals surface area contributed by atoms with Crippen LogP contribution < -0.4 is 10.6 Å². The molecule has 0 saturated heterocycles. The SMILES string of the molecule is COP(=Nc1ccccc1C=Nc1c(C)cc(C)cc1C)(c1cc(C)cc(C)c1O)c1cc(C)cc(C)c1O. The van der Waals surface area contributed by atoms with Crippen LogP contribution in [0.4, 0.5) is 11.4 Å². The van der Waals surface area contributed by atoms with Gasteiger partial charge in [-0.3, -0.25) is 4.99 Å². The van der Waals surface area contributed by atoms with Crippen LogP contribution in [0.1, 0.15) is 44.5 Å². The number of nitrogens with zero attached hydrogens (tertiary/aromatic N) is 2. The first kappa shape index (κ1) is 28.4. The fraction of sp³-hybridized carbons (Fsp3) is 0.242. The standard InChI is InChI=1S/C33H37N2O3P/c1-20-13-23(4)31(24(5)14-20)34-19-27-11-9-10-12-28(27)35-39(38-8,29-17-21(2)15-25(6)32(29)36)30-18-22(3)16-26(7)33(30)37/h9-19,36-37H,1-8H3. The maximum atomic E-state index is 11.3. The average molecular weight is 541 g/mol. The van der Waals surface area contributed by atoms with E-state index in [1.807, 2.05) is 82.4 Å². The van der Waals surface area contributed by atoms with Crippen LogP contribution in [-0.2, 0) is 4.52 Å². The Morgan fingerprint density at radius 2 is 1.13 bits per heavy atom. The molecule has 0 radical (unpaired) electrons. The Balaban J connectivity index is 2.06. The van der Waals surface area contributed by atoms with Crippen molar-refractivity contribution in [3.05, 3.63) is 105 Å². The van der Waals surface area contributed by atoms with Gasteiger partial charge >= 0.3 is 0 Å². The summed E-state index contributed by atoms with van der Waals surface area (Å²) in [6, 6.07) is 19.7. The van der Waals surface area contributed by atoms with Gasteiger partial charge in [0.15, 0.2) is 7.28 Å². The molecule has 0 aliphatic rings. The second-order valence-electron chi connectivity index (χ2n) is 10.3. The Hall–Kier alpha value is -3.66. The maximum absolute atomic E-state index is 11.3. The van der Waals surface area contributed by atoms with Crippen molar-refractivity contribution in [3.8, 4) is 11.5 Å². The lowest BCUT2D eigenvalue weighted by molar-refractivity contribution is 0.452. The minimum atomic E-state index is -3.17. The van der Waals surface area contributed by atoms with Crippen molar-refractivity contribution in [1.82, 2.24) is 0 Å². The molecule has 0 aliphatic carbocycles. The molecule has 202 valence electrons. The highest BCUT2D eigenvalue weighted by molar-refractivity contribution is 7.77. The van der Waals surface area contributed by atoms with Crippen LogP contribution in [0.2, 0.25) is 0 Å². The molecule has 0 spiro atoms. The number of benzene rings is 4. The molecule has 4 rings (SSSR count). The highest BCUT2D eigenvalue weighted by Crippen LogP contribution is 2.55. The third-order valence-electron chi connectivity index (χ3n) is 6.92. The molecule has 6 heteroatoms. The summed E-state index contributed by atoms with van der Waals surface area (Å²) in [5, 5.41) is 23.8. The molecular weight excluding hydrogens is 503 g/mol. The van der Waals surface area contributed by atoms with E-state index in [4.69, 9.17) is 14.3 Å². The number of aliphatic imine (C=N–C) groups is 1. The Morgan fingerprint density at radius 1 is 0.667 bits per heavy atom. The minimum absolute atomic E-state index is 0.121. The third-order valence-corrected chi connectivity index (χ3v) is 9.93. The van der Waals surface area contributed by atoms with Crippen LogP contribution >= 0.6 is 7.28 Å². The molecule has 0 bridgehead atoms. The van der Waals surface area contributed by atoms with E-state index in [9.17, 15) is 10.2 Å². The fourth-order valence-corrected chi connectivity index (χ4v) is 8.28. The second-order valence-corrected chi connectivity index (χ2v) is 13.0. The largest absolute Gasteiger partial charge is 0.507 e. The predicted octanol–water partition coefficient (Wildman–Crippen LogP) is 8.05. The monoisotopic (exact) mass is 540 g/mol. The number of phenols is 2. The zero-order valence-electron chi connectivity index (χ0n) is 24.0. The molecule has 0 saturated carbocycles. The number of aryl methyl sites for hydroxylation is 7. The summed E-state index contributed by atoms with van der Waals surface area (Å²) in [6.45, 7) is 13.9. The number of phenolic OH excluding ortho intramolecular Hbond substituents is 2. The topological polar surface area (TPSA) is 74.4 Å². The van der Waals surface area contributed by atoms with Gasteiger partial charge in [0.25, 0.3) is 0 Å². The quantitative estimate of drug-likeness (QED) is 0.192. The van der Waals surface area contributed by atoms with E-state index in [0.29, 0.717) is 16.3 Å². The van der Waals surface area contributed by atoms with Crippen molar-refractivity contribution in [2.45, 2.75) is 48.5 Å². The van der Waals surface area contributed by atoms with Gasteiger partial charge in [-0.2, -0.15) is 0 Å².